The van der Waals surface area contributed by atoms with E-state index in [1.165, 1.54) is 5.56 Å². The number of esters is 1. The standard InChI is InChI=1S/C15H20N2O3/c16-15(19)17-9-4-10-20-14(18)13-8-3-6-11-5-1-2-7-12(11)13/h1-2,5,7,13H,3-4,6,8-10H2,(H3,16,17,19). The third-order valence-corrected chi connectivity index (χ3v) is 3.52. The number of benzene rings is 1. The van der Waals surface area contributed by atoms with Gasteiger partial charge in [0.2, 0.25) is 0 Å². The van der Waals surface area contributed by atoms with E-state index >= 15 is 0 Å². The maximum atomic E-state index is 12.1. The molecule has 1 unspecified atom stereocenters. The molecule has 1 aromatic carbocycles. The summed E-state index contributed by atoms with van der Waals surface area (Å²) in [6.07, 6.45) is 3.46. The second kappa shape index (κ2) is 6.93. The van der Waals surface area contributed by atoms with Gasteiger partial charge in [0.05, 0.1) is 12.5 Å². The average Bonchev–Trinajstić information content (AvgIpc) is 2.45. The number of rotatable bonds is 5. The van der Waals surface area contributed by atoms with Crippen molar-refractivity contribution < 1.29 is 14.3 Å². The highest BCUT2D eigenvalue weighted by atomic mass is 16.5. The van der Waals surface area contributed by atoms with Gasteiger partial charge in [-0.25, -0.2) is 4.79 Å². The summed E-state index contributed by atoms with van der Waals surface area (Å²) in [7, 11) is 0. The lowest BCUT2D eigenvalue weighted by Gasteiger charge is -2.23. The fraction of sp³-hybridized carbons (Fsp3) is 0.467. The van der Waals surface area contributed by atoms with E-state index in [1.807, 2.05) is 18.2 Å². The minimum absolute atomic E-state index is 0.149. The molecule has 0 fully saturated rings. The zero-order chi connectivity index (χ0) is 14.4. The lowest BCUT2D eigenvalue weighted by Crippen LogP contribution is -2.31. The summed E-state index contributed by atoms with van der Waals surface area (Å²) in [6, 6.07) is 7.49. The van der Waals surface area contributed by atoms with Crippen LogP contribution in [0.2, 0.25) is 0 Å². The van der Waals surface area contributed by atoms with Crippen molar-refractivity contribution in [2.45, 2.75) is 31.6 Å². The highest BCUT2D eigenvalue weighted by molar-refractivity contribution is 5.79. The number of hydrogen-bond acceptors (Lipinski definition) is 3. The molecule has 5 nitrogen and oxygen atoms in total. The molecule has 1 aromatic rings. The van der Waals surface area contributed by atoms with Crippen molar-refractivity contribution in [3.63, 3.8) is 0 Å². The number of aryl methyl sites for hydroxylation is 1. The van der Waals surface area contributed by atoms with Crippen molar-refractivity contribution >= 4 is 12.0 Å². The normalized spacial score (nSPS) is 17.1. The Hall–Kier alpha value is -2.04. The molecule has 5 heteroatoms. The first-order chi connectivity index (χ1) is 9.68. The second-order valence-electron chi connectivity index (χ2n) is 4.96. The Labute approximate surface area is 118 Å². The van der Waals surface area contributed by atoms with Crippen molar-refractivity contribution in [3.05, 3.63) is 35.4 Å². The number of urea groups is 1. The van der Waals surface area contributed by atoms with Gasteiger partial charge in [0.15, 0.2) is 0 Å². The molecule has 1 atom stereocenters. The summed E-state index contributed by atoms with van der Waals surface area (Å²) in [4.78, 5) is 22.6. The van der Waals surface area contributed by atoms with Gasteiger partial charge in [-0.05, 0) is 36.8 Å². The fourth-order valence-electron chi connectivity index (χ4n) is 2.56. The molecule has 0 aromatic heterocycles. The highest BCUT2D eigenvalue weighted by Crippen LogP contribution is 2.32. The van der Waals surface area contributed by atoms with Crippen LogP contribution in [0.1, 0.15) is 36.3 Å². The van der Waals surface area contributed by atoms with E-state index < -0.39 is 6.03 Å². The Morgan fingerprint density at radius 1 is 1.35 bits per heavy atom. The molecule has 0 radical (unpaired) electrons. The van der Waals surface area contributed by atoms with E-state index in [9.17, 15) is 9.59 Å². The van der Waals surface area contributed by atoms with Gasteiger partial charge in [-0.1, -0.05) is 24.3 Å². The molecule has 0 aliphatic heterocycles. The van der Waals surface area contributed by atoms with E-state index in [0.29, 0.717) is 19.6 Å². The molecule has 108 valence electrons. The zero-order valence-electron chi connectivity index (χ0n) is 11.4. The van der Waals surface area contributed by atoms with Gasteiger partial charge in [-0.3, -0.25) is 4.79 Å². The molecule has 0 heterocycles. The van der Waals surface area contributed by atoms with E-state index in [0.717, 1.165) is 24.8 Å². The molecule has 20 heavy (non-hydrogen) atoms. The van der Waals surface area contributed by atoms with E-state index in [2.05, 4.69) is 11.4 Å². The van der Waals surface area contributed by atoms with Crippen molar-refractivity contribution in [2.75, 3.05) is 13.2 Å². The van der Waals surface area contributed by atoms with Gasteiger partial charge < -0.3 is 15.8 Å². The number of nitrogens with one attached hydrogen (secondary N) is 1. The number of carbonyl (C=O) groups excluding carboxylic acids is 2. The van der Waals surface area contributed by atoms with Crippen molar-refractivity contribution in [1.29, 1.82) is 0 Å². The van der Waals surface area contributed by atoms with Crippen LogP contribution < -0.4 is 11.1 Å². The molecular weight excluding hydrogens is 256 g/mol. The maximum Gasteiger partial charge on any atom is 0.313 e. The highest BCUT2D eigenvalue weighted by Gasteiger charge is 2.27. The van der Waals surface area contributed by atoms with Gasteiger partial charge in [0, 0.05) is 6.54 Å². The van der Waals surface area contributed by atoms with Crippen LogP contribution in [0.4, 0.5) is 4.79 Å². The van der Waals surface area contributed by atoms with Gasteiger partial charge in [-0.15, -0.1) is 0 Å². The Kier molecular flexibility index (Phi) is 4.98. The maximum absolute atomic E-state index is 12.1. The number of fused-ring (bicyclic) bond motifs is 1. The summed E-state index contributed by atoms with van der Waals surface area (Å²) < 4.78 is 5.29. The van der Waals surface area contributed by atoms with Crippen LogP contribution in [0.3, 0.4) is 0 Å². The van der Waals surface area contributed by atoms with Gasteiger partial charge in [0.25, 0.3) is 0 Å². The Morgan fingerprint density at radius 2 is 2.15 bits per heavy atom. The molecular formula is C15H20N2O3. The van der Waals surface area contributed by atoms with Crippen LogP contribution in [0.15, 0.2) is 24.3 Å². The molecule has 1 aliphatic carbocycles. The summed E-state index contributed by atoms with van der Waals surface area (Å²) in [5.41, 5.74) is 7.29. The van der Waals surface area contributed by atoms with Gasteiger partial charge in [-0.2, -0.15) is 0 Å². The zero-order valence-corrected chi connectivity index (χ0v) is 11.4. The average molecular weight is 276 g/mol. The minimum atomic E-state index is -0.558. The predicted octanol–water partition coefficient (Wildman–Crippen LogP) is 1.71. The largest absolute Gasteiger partial charge is 0.465 e. The smallest absolute Gasteiger partial charge is 0.313 e. The molecule has 3 N–H and O–H groups in total. The summed E-state index contributed by atoms with van der Waals surface area (Å²) >= 11 is 0. The van der Waals surface area contributed by atoms with E-state index in [1.54, 1.807) is 0 Å². The van der Waals surface area contributed by atoms with Gasteiger partial charge >= 0.3 is 12.0 Å². The van der Waals surface area contributed by atoms with Crippen molar-refractivity contribution in [1.82, 2.24) is 5.32 Å². The predicted molar refractivity (Wildman–Crippen MR) is 75.3 cm³/mol. The minimum Gasteiger partial charge on any atom is -0.465 e. The quantitative estimate of drug-likeness (QED) is 0.634. The lowest BCUT2D eigenvalue weighted by molar-refractivity contribution is -0.145. The van der Waals surface area contributed by atoms with Crippen LogP contribution in [0.5, 0.6) is 0 Å². The molecule has 0 saturated heterocycles. The first-order valence-corrected chi connectivity index (χ1v) is 6.96. The van der Waals surface area contributed by atoms with Crippen LogP contribution >= 0.6 is 0 Å². The Morgan fingerprint density at radius 3 is 2.95 bits per heavy atom. The number of carbonyl (C=O) groups is 2. The number of nitrogens with two attached hydrogens (primary N) is 1. The molecule has 0 spiro atoms. The number of primary amides is 1. The molecule has 0 saturated carbocycles. The second-order valence-corrected chi connectivity index (χ2v) is 4.96. The van der Waals surface area contributed by atoms with Crippen LogP contribution in [0.25, 0.3) is 0 Å². The first kappa shape index (κ1) is 14.4. The SMILES string of the molecule is NC(=O)NCCCOC(=O)C1CCCc2ccccc21. The lowest BCUT2D eigenvalue weighted by atomic mass is 9.83. The van der Waals surface area contributed by atoms with E-state index in [4.69, 9.17) is 10.5 Å². The van der Waals surface area contributed by atoms with Crippen LogP contribution in [-0.4, -0.2) is 25.2 Å². The fourth-order valence-corrected chi connectivity index (χ4v) is 2.56. The Bertz CT molecular complexity index is 488. The summed E-state index contributed by atoms with van der Waals surface area (Å²) in [5, 5.41) is 2.46. The van der Waals surface area contributed by atoms with Crippen LogP contribution in [-0.2, 0) is 16.0 Å². The number of ether oxygens (including phenoxy) is 1. The topological polar surface area (TPSA) is 81.4 Å². The summed E-state index contributed by atoms with van der Waals surface area (Å²) in [6.45, 7) is 0.724. The Balaban J connectivity index is 1.83. The first-order valence-electron chi connectivity index (χ1n) is 6.96. The molecule has 1 aliphatic rings. The van der Waals surface area contributed by atoms with Crippen molar-refractivity contribution in [3.8, 4) is 0 Å². The van der Waals surface area contributed by atoms with E-state index in [-0.39, 0.29) is 11.9 Å². The molecule has 2 amide bonds. The summed E-state index contributed by atoms with van der Waals surface area (Å²) in [5.74, 6) is -0.319. The monoisotopic (exact) mass is 276 g/mol. The third kappa shape index (κ3) is 3.73. The molecule has 0 bridgehead atoms. The van der Waals surface area contributed by atoms with Crippen LogP contribution in [0, 0.1) is 0 Å². The molecule has 2 rings (SSSR count). The van der Waals surface area contributed by atoms with Gasteiger partial charge in [0.1, 0.15) is 0 Å². The third-order valence-electron chi connectivity index (χ3n) is 3.52. The number of amides is 2. The van der Waals surface area contributed by atoms with Crippen molar-refractivity contribution in [2.24, 2.45) is 5.73 Å². The number of hydrogen-bond donors (Lipinski definition) is 2.